The first-order chi connectivity index (χ1) is 7.34. The molecule has 0 aliphatic carbocycles. The Bertz CT molecular complexity index is 284. The highest BCUT2D eigenvalue weighted by molar-refractivity contribution is 5.14. The molecule has 1 heterocycles. The first-order valence-electron chi connectivity index (χ1n) is 5.85. The third-order valence-electron chi connectivity index (χ3n) is 3.16. The summed E-state index contributed by atoms with van der Waals surface area (Å²) in [5.74, 6) is 0.758. The summed E-state index contributed by atoms with van der Waals surface area (Å²) in [6, 6.07) is 11.1. The van der Waals surface area contributed by atoms with E-state index in [0.29, 0.717) is 6.04 Å². The van der Waals surface area contributed by atoms with Crippen LogP contribution in [0.3, 0.4) is 0 Å². The Morgan fingerprint density at radius 3 is 2.73 bits per heavy atom. The molecule has 0 aromatic heterocycles. The molecule has 2 rings (SSSR count). The highest BCUT2D eigenvalue weighted by Crippen LogP contribution is 2.16. The van der Waals surface area contributed by atoms with E-state index in [2.05, 4.69) is 35.6 Å². The second-order valence-corrected chi connectivity index (χ2v) is 4.54. The van der Waals surface area contributed by atoms with Crippen molar-refractivity contribution in [2.75, 3.05) is 13.1 Å². The van der Waals surface area contributed by atoms with Gasteiger partial charge in [0.05, 0.1) is 0 Å². The van der Waals surface area contributed by atoms with Crippen LogP contribution < -0.4 is 11.1 Å². The smallest absolute Gasteiger partial charge is 0.0168 e. The summed E-state index contributed by atoms with van der Waals surface area (Å²) < 4.78 is 0. The van der Waals surface area contributed by atoms with Crippen LogP contribution in [0.5, 0.6) is 0 Å². The number of aryl methyl sites for hydroxylation is 1. The van der Waals surface area contributed by atoms with Crippen LogP contribution in [-0.4, -0.2) is 19.1 Å². The van der Waals surface area contributed by atoms with Crippen molar-refractivity contribution in [2.24, 2.45) is 11.7 Å². The number of nitrogens with one attached hydrogen (secondary N) is 1. The largest absolute Gasteiger partial charge is 0.327 e. The second kappa shape index (κ2) is 5.29. The van der Waals surface area contributed by atoms with Gasteiger partial charge in [-0.25, -0.2) is 0 Å². The molecule has 0 saturated carbocycles. The molecule has 2 nitrogen and oxygen atoms in total. The molecule has 0 radical (unpaired) electrons. The summed E-state index contributed by atoms with van der Waals surface area (Å²) >= 11 is 0. The molecule has 1 saturated heterocycles. The maximum Gasteiger partial charge on any atom is 0.0168 e. The molecule has 1 fully saturated rings. The quantitative estimate of drug-likeness (QED) is 0.784. The lowest BCUT2D eigenvalue weighted by Gasteiger charge is -2.27. The van der Waals surface area contributed by atoms with E-state index in [1.54, 1.807) is 0 Å². The third-order valence-corrected chi connectivity index (χ3v) is 3.16. The molecule has 1 aromatic rings. The molecule has 3 N–H and O–H groups in total. The molecular formula is C13H20N2. The number of rotatable bonds is 3. The Kier molecular flexibility index (Phi) is 3.75. The first kappa shape index (κ1) is 10.7. The standard InChI is InChI=1S/C13H20N2/c14-13-8-12(9-15-10-13)7-6-11-4-2-1-3-5-11/h1-5,12-13,15H,6-10,14H2. The molecule has 2 unspecified atom stereocenters. The van der Waals surface area contributed by atoms with Crippen LogP contribution in [-0.2, 0) is 6.42 Å². The molecule has 0 spiro atoms. The Labute approximate surface area is 91.9 Å². The van der Waals surface area contributed by atoms with Gasteiger partial charge in [0.2, 0.25) is 0 Å². The van der Waals surface area contributed by atoms with Crippen LogP contribution in [0.25, 0.3) is 0 Å². The number of piperidine rings is 1. The maximum atomic E-state index is 5.93. The Hall–Kier alpha value is -0.860. The third kappa shape index (κ3) is 3.33. The summed E-state index contributed by atoms with van der Waals surface area (Å²) in [4.78, 5) is 0. The van der Waals surface area contributed by atoms with Crippen LogP contribution in [0.15, 0.2) is 30.3 Å². The monoisotopic (exact) mass is 204 g/mol. The van der Waals surface area contributed by atoms with Gasteiger partial charge in [0.15, 0.2) is 0 Å². The highest BCUT2D eigenvalue weighted by Gasteiger charge is 2.18. The first-order valence-corrected chi connectivity index (χ1v) is 5.85. The van der Waals surface area contributed by atoms with E-state index in [1.807, 2.05) is 0 Å². The van der Waals surface area contributed by atoms with E-state index < -0.39 is 0 Å². The van der Waals surface area contributed by atoms with E-state index in [0.717, 1.165) is 19.0 Å². The van der Waals surface area contributed by atoms with Crippen LogP contribution in [0.2, 0.25) is 0 Å². The molecule has 1 aliphatic rings. The van der Waals surface area contributed by atoms with Crippen molar-refractivity contribution < 1.29 is 0 Å². The Morgan fingerprint density at radius 2 is 2.00 bits per heavy atom. The lowest BCUT2D eigenvalue weighted by molar-refractivity contribution is 0.325. The average Bonchev–Trinajstić information content (AvgIpc) is 2.28. The number of hydrogen-bond acceptors (Lipinski definition) is 2. The van der Waals surface area contributed by atoms with Crippen molar-refractivity contribution in [3.05, 3.63) is 35.9 Å². The van der Waals surface area contributed by atoms with Crippen molar-refractivity contribution in [3.8, 4) is 0 Å². The number of nitrogens with two attached hydrogens (primary N) is 1. The second-order valence-electron chi connectivity index (χ2n) is 4.54. The highest BCUT2D eigenvalue weighted by atomic mass is 14.9. The Balaban J connectivity index is 1.78. The summed E-state index contributed by atoms with van der Waals surface area (Å²) in [6.07, 6.45) is 3.62. The van der Waals surface area contributed by atoms with Gasteiger partial charge in [-0.3, -0.25) is 0 Å². The van der Waals surface area contributed by atoms with Gasteiger partial charge in [-0.15, -0.1) is 0 Å². The van der Waals surface area contributed by atoms with Gasteiger partial charge in [-0.05, 0) is 37.3 Å². The zero-order chi connectivity index (χ0) is 10.5. The normalized spacial score (nSPS) is 26.5. The fraction of sp³-hybridized carbons (Fsp3) is 0.538. The summed E-state index contributed by atoms with van der Waals surface area (Å²) in [6.45, 7) is 2.13. The van der Waals surface area contributed by atoms with Crippen molar-refractivity contribution in [1.29, 1.82) is 0 Å². The van der Waals surface area contributed by atoms with Gasteiger partial charge in [0.1, 0.15) is 0 Å². The molecule has 0 amide bonds. The summed E-state index contributed by atoms with van der Waals surface area (Å²) in [7, 11) is 0. The van der Waals surface area contributed by atoms with Crippen molar-refractivity contribution in [3.63, 3.8) is 0 Å². The molecule has 1 aliphatic heterocycles. The summed E-state index contributed by atoms with van der Waals surface area (Å²) in [5, 5.41) is 3.40. The van der Waals surface area contributed by atoms with Gasteiger partial charge in [-0.2, -0.15) is 0 Å². The molecule has 1 aromatic carbocycles. The van der Waals surface area contributed by atoms with Crippen molar-refractivity contribution >= 4 is 0 Å². The van der Waals surface area contributed by atoms with E-state index in [9.17, 15) is 0 Å². The van der Waals surface area contributed by atoms with E-state index in [-0.39, 0.29) is 0 Å². The van der Waals surface area contributed by atoms with Crippen molar-refractivity contribution in [2.45, 2.75) is 25.3 Å². The lowest BCUT2D eigenvalue weighted by Crippen LogP contribution is -2.44. The van der Waals surface area contributed by atoms with Crippen LogP contribution in [0.4, 0.5) is 0 Å². The molecule has 0 bridgehead atoms. The van der Waals surface area contributed by atoms with Gasteiger partial charge < -0.3 is 11.1 Å². The minimum Gasteiger partial charge on any atom is -0.327 e. The maximum absolute atomic E-state index is 5.93. The zero-order valence-electron chi connectivity index (χ0n) is 9.15. The Morgan fingerprint density at radius 1 is 1.20 bits per heavy atom. The van der Waals surface area contributed by atoms with Gasteiger partial charge in [0, 0.05) is 12.6 Å². The number of hydrogen-bond donors (Lipinski definition) is 2. The predicted molar refractivity (Wildman–Crippen MR) is 63.7 cm³/mol. The number of benzene rings is 1. The van der Waals surface area contributed by atoms with E-state index in [1.165, 1.54) is 24.8 Å². The molecule has 2 heteroatoms. The fourth-order valence-corrected chi connectivity index (χ4v) is 2.30. The summed E-state index contributed by atoms with van der Waals surface area (Å²) in [5.41, 5.74) is 7.37. The van der Waals surface area contributed by atoms with Crippen LogP contribution in [0, 0.1) is 5.92 Å². The van der Waals surface area contributed by atoms with Crippen LogP contribution in [0.1, 0.15) is 18.4 Å². The zero-order valence-corrected chi connectivity index (χ0v) is 9.15. The van der Waals surface area contributed by atoms with Gasteiger partial charge >= 0.3 is 0 Å². The molecule has 2 atom stereocenters. The molecular weight excluding hydrogens is 184 g/mol. The fourth-order valence-electron chi connectivity index (χ4n) is 2.30. The topological polar surface area (TPSA) is 38.0 Å². The SMILES string of the molecule is NC1CNCC(CCc2ccccc2)C1. The molecule has 15 heavy (non-hydrogen) atoms. The molecule has 82 valence electrons. The minimum absolute atomic E-state index is 0.361. The van der Waals surface area contributed by atoms with E-state index >= 15 is 0 Å². The minimum atomic E-state index is 0.361. The van der Waals surface area contributed by atoms with Gasteiger partial charge in [-0.1, -0.05) is 30.3 Å². The van der Waals surface area contributed by atoms with Crippen molar-refractivity contribution in [1.82, 2.24) is 5.32 Å². The van der Waals surface area contributed by atoms with Crippen LogP contribution >= 0.6 is 0 Å². The van der Waals surface area contributed by atoms with Gasteiger partial charge in [0.25, 0.3) is 0 Å². The predicted octanol–water partition coefficient (Wildman–Crippen LogP) is 1.56. The van der Waals surface area contributed by atoms with E-state index in [4.69, 9.17) is 5.73 Å². The average molecular weight is 204 g/mol. The lowest BCUT2D eigenvalue weighted by atomic mass is 9.90.